The van der Waals surface area contributed by atoms with E-state index in [1.54, 1.807) is 30.3 Å². The molecule has 0 radical (unpaired) electrons. The second-order valence-corrected chi connectivity index (χ2v) is 7.96. The minimum Gasteiger partial charge on any atom is -0.480 e. The standard InChI is InChI=1S/C17H20N2O6S/c1-11-13(10-15(25-11)26(23,24)19(2)3)16(20)18-14(17(21)22)9-12-7-5-4-6-8-12/h4-8,10,14H,9H2,1-3H3,(H,18,20)(H,21,22)/t14-/m1/s1. The molecule has 1 aromatic carbocycles. The molecular weight excluding hydrogens is 360 g/mol. The number of aliphatic carboxylic acids is 1. The van der Waals surface area contributed by atoms with Crippen molar-refractivity contribution in [2.24, 2.45) is 0 Å². The van der Waals surface area contributed by atoms with Gasteiger partial charge in [0, 0.05) is 26.6 Å². The number of carbonyl (C=O) groups is 2. The smallest absolute Gasteiger partial charge is 0.326 e. The summed E-state index contributed by atoms with van der Waals surface area (Å²) in [6.45, 7) is 1.44. The number of hydrogen-bond acceptors (Lipinski definition) is 5. The minimum atomic E-state index is -3.84. The SMILES string of the molecule is Cc1oc(S(=O)(=O)N(C)C)cc1C(=O)N[C@H](Cc1ccccc1)C(=O)O. The largest absolute Gasteiger partial charge is 0.480 e. The van der Waals surface area contributed by atoms with Gasteiger partial charge in [-0.2, -0.15) is 0 Å². The van der Waals surface area contributed by atoms with E-state index >= 15 is 0 Å². The van der Waals surface area contributed by atoms with Crippen LogP contribution in [0.2, 0.25) is 0 Å². The van der Waals surface area contributed by atoms with Crippen molar-refractivity contribution in [3.63, 3.8) is 0 Å². The van der Waals surface area contributed by atoms with Gasteiger partial charge < -0.3 is 14.8 Å². The van der Waals surface area contributed by atoms with Gasteiger partial charge in [-0.05, 0) is 12.5 Å². The summed E-state index contributed by atoms with van der Waals surface area (Å²) in [6, 6.07) is 8.80. The Morgan fingerprint density at radius 3 is 2.38 bits per heavy atom. The van der Waals surface area contributed by atoms with Crippen LogP contribution in [0.5, 0.6) is 0 Å². The van der Waals surface area contributed by atoms with Crippen molar-refractivity contribution in [1.82, 2.24) is 9.62 Å². The van der Waals surface area contributed by atoms with Crippen LogP contribution in [0.4, 0.5) is 0 Å². The Kier molecular flexibility index (Phi) is 5.83. The third-order valence-electron chi connectivity index (χ3n) is 3.76. The van der Waals surface area contributed by atoms with Gasteiger partial charge in [-0.25, -0.2) is 17.5 Å². The zero-order chi connectivity index (χ0) is 19.5. The van der Waals surface area contributed by atoms with Crippen LogP contribution in [0, 0.1) is 6.92 Å². The second kappa shape index (κ2) is 7.71. The van der Waals surface area contributed by atoms with E-state index < -0.39 is 27.9 Å². The molecule has 1 heterocycles. The average Bonchev–Trinajstić information content (AvgIpc) is 2.97. The van der Waals surface area contributed by atoms with Crippen molar-refractivity contribution in [3.8, 4) is 0 Å². The van der Waals surface area contributed by atoms with E-state index in [-0.39, 0.29) is 22.8 Å². The molecule has 1 atom stereocenters. The van der Waals surface area contributed by atoms with Crippen LogP contribution in [0.15, 0.2) is 45.9 Å². The average molecular weight is 380 g/mol. The predicted molar refractivity (Wildman–Crippen MR) is 93.4 cm³/mol. The van der Waals surface area contributed by atoms with Crippen LogP contribution in [-0.2, 0) is 21.2 Å². The van der Waals surface area contributed by atoms with Gasteiger partial charge in [-0.15, -0.1) is 0 Å². The van der Waals surface area contributed by atoms with Gasteiger partial charge in [0.1, 0.15) is 11.8 Å². The Labute approximate surface area is 151 Å². The molecule has 0 saturated carbocycles. The van der Waals surface area contributed by atoms with Crippen molar-refractivity contribution in [3.05, 3.63) is 53.3 Å². The van der Waals surface area contributed by atoms with E-state index in [2.05, 4.69) is 5.32 Å². The first-order chi connectivity index (χ1) is 12.1. The summed E-state index contributed by atoms with van der Waals surface area (Å²) in [4.78, 5) is 23.9. The lowest BCUT2D eigenvalue weighted by Crippen LogP contribution is -2.42. The molecule has 0 unspecified atom stereocenters. The molecule has 0 aliphatic heterocycles. The molecule has 0 aliphatic rings. The van der Waals surface area contributed by atoms with Gasteiger partial charge in [-0.3, -0.25) is 4.79 Å². The van der Waals surface area contributed by atoms with E-state index in [0.717, 1.165) is 15.9 Å². The Morgan fingerprint density at radius 1 is 1.23 bits per heavy atom. The van der Waals surface area contributed by atoms with Crippen LogP contribution < -0.4 is 5.32 Å². The molecule has 0 aliphatic carbocycles. The molecule has 0 saturated heterocycles. The summed E-state index contributed by atoms with van der Waals surface area (Å²) in [5.74, 6) is -1.81. The number of carboxylic acids is 1. The van der Waals surface area contributed by atoms with Gasteiger partial charge in [-0.1, -0.05) is 30.3 Å². The third-order valence-corrected chi connectivity index (χ3v) is 5.43. The number of furan rings is 1. The minimum absolute atomic E-state index is 0.0234. The lowest BCUT2D eigenvalue weighted by atomic mass is 10.1. The predicted octanol–water partition coefficient (Wildman–Crippen LogP) is 1.26. The molecule has 140 valence electrons. The highest BCUT2D eigenvalue weighted by molar-refractivity contribution is 7.88. The normalized spacial score (nSPS) is 12.8. The van der Waals surface area contributed by atoms with E-state index in [0.29, 0.717) is 0 Å². The number of carboxylic acid groups (broad SMARTS) is 1. The number of aryl methyl sites for hydroxylation is 1. The van der Waals surface area contributed by atoms with Crippen LogP contribution in [0.3, 0.4) is 0 Å². The topological polar surface area (TPSA) is 117 Å². The van der Waals surface area contributed by atoms with Gasteiger partial charge in [0.15, 0.2) is 0 Å². The fourth-order valence-corrected chi connectivity index (χ4v) is 3.13. The lowest BCUT2D eigenvalue weighted by Gasteiger charge is -2.14. The molecule has 26 heavy (non-hydrogen) atoms. The van der Waals surface area contributed by atoms with Crippen LogP contribution in [-0.4, -0.2) is 49.8 Å². The van der Waals surface area contributed by atoms with Gasteiger partial charge in [0.05, 0.1) is 5.56 Å². The quantitative estimate of drug-likeness (QED) is 0.747. The number of hydrogen-bond donors (Lipinski definition) is 2. The van der Waals surface area contributed by atoms with Crippen LogP contribution in [0.25, 0.3) is 0 Å². The highest BCUT2D eigenvalue weighted by Crippen LogP contribution is 2.21. The monoisotopic (exact) mass is 380 g/mol. The zero-order valence-electron chi connectivity index (χ0n) is 14.6. The first-order valence-corrected chi connectivity index (χ1v) is 9.17. The third kappa shape index (κ3) is 4.30. The van der Waals surface area contributed by atoms with E-state index in [9.17, 15) is 23.1 Å². The van der Waals surface area contributed by atoms with Crippen molar-refractivity contribution in [2.75, 3.05) is 14.1 Å². The first-order valence-electron chi connectivity index (χ1n) is 7.73. The number of carbonyl (C=O) groups excluding carboxylic acids is 1. The molecular formula is C17H20N2O6S. The number of sulfonamides is 1. The number of benzene rings is 1. The van der Waals surface area contributed by atoms with Crippen molar-refractivity contribution < 1.29 is 27.5 Å². The molecule has 2 N–H and O–H groups in total. The van der Waals surface area contributed by atoms with E-state index in [1.807, 2.05) is 0 Å². The highest BCUT2D eigenvalue weighted by atomic mass is 32.2. The molecule has 1 aromatic heterocycles. The number of amides is 1. The molecule has 8 nitrogen and oxygen atoms in total. The first kappa shape index (κ1) is 19.7. The Balaban J connectivity index is 2.22. The molecule has 0 fully saturated rings. The van der Waals surface area contributed by atoms with E-state index in [1.165, 1.54) is 21.0 Å². The second-order valence-electron chi connectivity index (χ2n) is 5.88. The van der Waals surface area contributed by atoms with Gasteiger partial charge >= 0.3 is 5.97 Å². The summed E-state index contributed by atoms with van der Waals surface area (Å²) in [7, 11) is -1.15. The molecule has 0 bridgehead atoms. The lowest BCUT2D eigenvalue weighted by molar-refractivity contribution is -0.139. The molecule has 0 spiro atoms. The van der Waals surface area contributed by atoms with Crippen LogP contribution in [0.1, 0.15) is 21.7 Å². The highest BCUT2D eigenvalue weighted by Gasteiger charge is 2.28. The zero-order valence-corrected chi connectivity index (χ0v) is 15.4. The fraction of sp³-hybridized carbons (Fsp3) is 0.294. The van der Waals surface area contributed by atoms with Crippen LogP contribution >= 0.6 is 0 Å². The van der Waals surface area contributed by atoms with Crippen molar-refractivity contribution >= 4 is 21.9 Å². The maximum atomic E-state index is 12.4. The van der Waals surface area contributed by atoms with E-state index in [4.69, 9.17) is 4.42 Å². The number of nitrogens with zero attached hydrogens (tertiary/aromatic N) is 1. The molecule has 2 rings (SSSR count). The van der Waals surface area contributed by atoms with Crippen molar-refractivity contribution in [1.29, 1.82) is 0 Å². The summed E-state index contributed by atoms with van der Waals surface area (Å²) in [5, 5.41) is 11.4. The van der Waals surface area contributed by atoms with Gasteiger partial charge in [0.25, 0.3) is 15.9 Å². The maximum Gasteiger partial charge on any atom is 0.326 e. The Morgan fingerprint density at radius 2 is 1.85 bits per heavy atom. The summed E-state index contributed by atoms with van der Waals surface area (Å²) in [6.07, 6.45) is 0.0989. The summed E-state index contributed by atoms with van der Waals surface area (Å²) in [5.41, 5.74) is 0.727. The molecule has 1 amide bonds. The summed E-state index contributed by atoms with van der Waals surface area (Å²) >= 11 is 0. The maximum absolute atomic E-state index is 12.4. The molecule has 9 heteroatoms. The molecule has 2 aromatic rings. The fourth-order valence-electron chi connectivity index (χ4n) is 2.27. The van der Waals surface area contributed by atoms with Crippen molar-refractivity contribution in [2.45, 2.75) is 24.5 Å². The van der Waals surface area contributed by atoms with Gasteiger partial charge in [0.2, 0.25) is 5.09 Å². The number of nitrogens with one attached hydrogen (secondary N) is 1. The Hall–Kier alpha value is -2.65. The number of rotatable bonds is 7. The summed E-state index contributed by atoms with van der Waals surface area (Å²) < 4.78 is 30.3. The Bertz CT molecular complexity index is 903.